The number of carbonyl (C=O) groups is 2. The summed E-state index contributed by atoms with van der Waals surface area (Å²) in [4.78, 5) is 22.4. The lowest BCUT2D eigenvalue weighted by molar-refractivity contribution is -0.140. The summed E-state index contributed by atoms with van der Waals surface area (Å²) in [6, 6.07) is 0. The minimum absolute atomic E-state index is 0.0100. The van der Waals surface area contributed by atoms with E-state index in [1.54, 1.807) is 11.8 Å². The van der Waals surface area contributed by atoms with E-state index in [9.17, 15) is 14.7 Å². The highest BCUT2D eigenvalue weighted by Crippen LogP contribution is 2.39. The number of carboxylic acid groups (broad SMARTS) is 1. The molecule has 6 heteroatoms. The largest absolute Gasteiger partial charge is 0.481 e. The Morgan fingerprint density at radius 3 is 2.18 bits per heavy atom. The monoisotopic (exact) mass is 484 g/mol. The predicted molar refractivity (Wildman–Crippen MR) is 138 cm³/mol. The molecule has 0 aromatic heterocycles. The molecule has 5 nitrogen and oxygen atoms in total. The Kier molecular flexibility index (Phi) is 17.6. The van der Waals surface area contributed by atoms with E-state index in [4.69, 9.17) is 9.84 Å². The molecule has 3 atom stereocenters. The minimum atomic E-state index is -0.810. The van der Waals surface area contributed by atoms with Crippen molar-refractivity contribution in [2.24, 2.45) is 5.92 Å². The van der Waals surface area contributed by atoms with E-state index in [1.807, 2.05) is 0 Å². The van der Waals surface area contributed by atoms with E-state index in [1.165, 1.54) is 83.3 Å². The van der Waals surface area contributed by atoms with Crippen LogP contribution in [-0.4, -0.2) is 46.4 Å². The molecule has 2 N–H and O–H groups in total. The van der Waals surface area contributed by atoms with Crippen LogP contribution in [0, 0.1) is 5.92 Å². The number of hydrogen-bond donors (Lipinski definition) is 2. The summed E-state index contributed by atoms with van der Waals surface area (Å²) in [5, 5.41) is 19.9. The van der Waals surface area contributed by atoms with Gasteiger partial charge in [0.15, 0.2) is 0 Å². The standard InChI is InChI=1S/C27H48O5S/c1-3-4-5-6-7-8-9-10-11-12-13-14-15-23-17-16-22(18-19-24(28)29)26(31)27(23)33-21-20-25(30)32-2/h15,22,26-27,31H,3-14,16-21H2,1-2H3,(H,28,29)/t22?,26?,27-/m0/s1. The molecule has 0 saturated heterocycles. The lowest BCUT2D eigenvalue weighted by Crippen LogP contribution is -2.37. The number of thioether (sulfide) groups is 1. The number of methoxy groups -OCH3 is 1. The van der Waals surface area contributed by atoms with Gasteiger partial charge in [0.1, 0.15) is 0 Å². The Morgan fingerprint density at radius 2 is 1.61 bits per heavy atom. The molecule has 0 heterocycles. The number of aliphatic hydroxyl groups excluding tert-OH is 1. The van der Waals surface area contributed by atoms with E-state index in [-0.39, 0.29) is 23.6 Å². The van der Waals surface area contributed by atoms with Gasteiger partial charge in [-0.15, -0.1) is 0 Å². The van der Waals surface area contributed by atoms with E-state index in [0.717, 1.165) is 19.3 Å². The molecule has 1 aliphatic carbocycles. The third-order valence-corrected chi connectivity index (χ3v) is 8.12. The highest BCUT2D eigenvalue weighted by molar-refractivity contribution is 8.00. The van der Waals surface area contributed by atoms with E-state index >= 15 is 0 Å². The Balaban J connectivity index is 2.37. The van der Waals surface area contributed by atoms with Gasteiger partial charge in [-0.3, -0.25) is 9.59 Å². The van der Waals surface area contributed by atoms with Crippen molar-refractivity contribution in [2.75, 3.05) is 12.9 Å². The lowest BCUT2D eigenvalue weighted by Gasteiger charge is -2.36. The second-order valence-corrected chi connectivity index (χ2v) is 10.7. The van der Waals surface area contributed by atoms with Crippen LogP contribution in [0.4, 0.5) is 0 Å². The number of unbranched alkanes of at least 4 members (excludes halogenated alkanes) is 11. The van der Waals surface area contributed by atoms with Gasteiger partial charge < -0.3 is 14.9 Å². The number of hydrogen-bond acceptors (Lipinski definition) is 5. The molecule has 1 aliphatic rings. The number of carbonyl (C=O) groups excluding carboxylic acids is 1. The number of ether oxygens (including phenoxy) is 1. The highest BCUT2D eigenvalue weighted by Gasteiger charge is 2.35. The van der Waals surface area contributed by atoms with Crippen molar-refractivity contribution in [2.45, 2.75) is 127 Å². The van der Waals surface area contributed by atoms with Gasteiger partial charge in [0.25, 0.3) is 0 Å². The Hall–Kier alpha value is -1.01. The molecule has 0 bridgehead atoms. The average molecular weight is 485 g/mol. The number of carboxylic acids is 1. The molecule has 0 aromatic rings. The van der Waals surface area contributed by atoms with Crippen LogP contribution in [0.5, 0.6) is 0 Å². The van der Waals surface area contributed by atoms with Crippen LogP contribution >= 0.6 is 11.8 Å². The first-order valence-electron chi connectivity index (χ1n) is 13.3. The zero-order valence-electron chi connectivity index (χ0n) is 21.1. The topological polar surface area (TPSA) is 83.8 Å². The zero-order valence-corrected chi connectivity index (χ0v) is 21.9. The molecule has 0 aromatic carbocycles. The van der Waals surface area contributed by atoms with Crippen LogP contribution in [0.1, 0.15) is 116 Å². The van der Waals surface area contributed by atoms with Crippen molar-refractivity contribution in [1.29, 1.82) is 0 Å². The van der Waals surface area contributed by atoms with Crippen molar-refractivity contribution in [1.82, 2.24) is 0 Å². The minimum Gasteiger partial charge on any atom is -0.481 e. The number of esters is 1. The third kappa shape index (κ3) is 14.1. The predicted octanol–water partition coefficient (Wildman–Crippen LogP) is 6.91. The van der Waals surface area contributed by atoms with Crippen molar-refractivity contribution >= 4 is 23.7 Å². The molecule has 0 aliphatic heterocycles. The Morgan fingerprint density at radius 1 is 1.00 bits per heavy atom. The first kappa shape index (κ1) is 30.0. The highest BCUT2D eigenvalue weighted by atomic mass is 32.2. The van der Waals surface area contributed by atoms with E-state index in [0.29, 0.717) is 18.6 Å². The maximum atomic E-state index is 11.5. The van der Waals surface area contributed by atoms with Gasteiger partial charge in [0, 0.05) is 12.2 Å². The molecule has 0 amide bonds. The normalized spacial score (nSPS) is 21.9. The molecule has 2 unspecified atom stereocenters. The summed E-state index contributed by atoms with van der Waals surface area (Å²) < 4.78 is 4.73. The molecule has 0 spiro atoms. The second-order valence-electron chi connectivity index (χ2n) is 9.44. The molecule has 33 heavy (non-hydrogen) atoms. The second kappa shape index (κ2) is 19.3. The van der Waals surface area contributed by atoms with Crippen molar-refractivity contribution < 1.29 is 24.5 Å². The van der Waals surface area contributed by atoms with Crippen molar-refractivity contribution in [3.05, 3.63) is 11.6 Å². The van der Waals surface area contributed by atoms with E-state index < -0.39 is 12.1 Å². The summed E-state index contributed by atoms with van der Waals surface area (Å²) in [5.74, 6) is -0.428. The van der Waals surface area contributed by atoms with Crippen LogP contribution in [0.2, 0.25) is 0 Å². The number of allylic oxidation sites excluding steroid dienone is 1. The zero-order chi connectivity index (χ0) is 24.3. The maximum Gasteiger partial charge on any atom is 0.306 e. The fourth-order valence-corrected chi connectivity index (χ4v) is 6.03. The summed E-state index contributed by atoms with van der Waals surface area (Å²) in [5.41, 5.74) is 1.27. The summed E-state index contributed by atoms with van der Waals surface area (Å²) in [6.07, 6.45) is 20.1. The van der Waals surface area contributed by atoms with Crippen LogP contribution in [-0.2, 0) is 14.3 Å². The van der Waals surface area contributed by atoms with Crippen LogP contribution in [0.15, 0.2) is 11.6 Å². The molecular formula is C27H48O5S. The fourth-order valence-electron chi connectivity index (χ4n) is 4.65. The number of aliphatic hydroxyl groups is 1. The van der Waals surface area contributed by atoms with Gasteiger partial charge in [-0.2, -0.15) is 11.8 Å². The first-order valence-corrected chi connectivity index (χ1v) is 14.3. The van der Waals surface area contributed by atoms with Crippen molar-refractivity contribution in [3.8, 4) is 0 Å². The fraction of sp³-hybridized carbons (Fsp3) is 0.852. The molecular weight excluding hydrogens is 436 g/mol. The van der Waals surface area contributed by atoms with Gasteiger partial charge in [-0.1, -0.05) is 82.8 Å². The molecule has 1 saturated carbocycles. The van der Waals surface area contributed by atoms with Crippen LogP contribution in [0.25, 0.3) is 0 Å². The smallest absolute Gasteiger partial charge is 0.306 e. The quantitative estimate of drug-likeness (QED) is 0.118. The maximum absolute atomic E-state index is 11.5. The van der Waals surface area contributed by atoms with Gasteiger partial charge in [-0.05, 0) is 38.0 Å². The van der Waals surface area contributed by atoms with Gasteiger partial charge >= 0.3 is 11.9 Å². The SMILES string of the molecule is CCCCCCCCCCCCCC=C1CCC(CCC(=O)O)C(O)[C@H]1SCCC(=O)OC. The molecule has 1 fully saturated rings. The first-order chi connectivity index (χ1) is 16.0. The van der Waals surface area contributed by atoms with Crippen LogP contribution in [0.3, 0.4) is 0 Å². The summed E-state index contributed by atoms with van der Waals surface area (Å²) in [6.45, 7) is 2.26. The Bertz CT molecular complexity index is 563. The van der Waals surface area contributed by atoms with Crippen molar-refractivity contribution in [3.63, 3.8) is 0 Å². The number of aliphatic carboxylic acids is 1. The third-order valence-electron chi connectivity index (χ3n) is 6.74. The summed E-state index contributed by atoms with van der Waals surface area (Å²) in [7, 11) is 1.39. The Labute approximate surface area is 206 Å². The average Bonchev–Trinajstić information content (AvgIpc) is 2.80. The summed E-state index contributed by atoms with van der Waals surface area (Å²) >= 11 is 1.61. The molecule has 1 rings (SSSR count). The lowest BCUT2D eigenvalue weighted by atomic mass is 9.80. The van der Waals surface area contributed by atoms with E-state index in [2.05, 4.69) is 13.0 Å². The number of rotatable bonds is 19. The van der Waals surface area contributed by atoms with Gasteiger partial charge in [0.05, 0.1) is 24.9 Å². The van der Waals surface area contributed by atoms with Gasteiger partial charge in [-0.25, -0.2) is 0 Å². The van der Waals surface area contributed by atoms with Crippen LogP contribution < -0.4 is 0 Å². The molecule has 192 valence electrons. The molecule has 0 radical (unpaired) electrons. The van der Waals surface area contributed by atoms with Gasteiger partial charge in [0.2, 0.25) is 0 Å².